The number of rotatable bonds is 6. The van der Waals surface area contributed by atoms with Gasteiger partial charge in [0.15, 0.2) is 0 Å². The molecule has 3 N–H and O–H groups in total. The first-order chi connectivity index (χ1) is 8.90. The number of urea groups is 1. The third-order valence-corrected chi connectivity index (χ3v) is 2.19. The number of imidazole rings is 1. The van der Waals surface area contributed by atoms with Gasteiger partial charge in [-0.1, -0.05) is 0 Å². The number of aromatic amines is 1. The molecule has 104 valence electrons. The summed E-state index contributed by atoms with van der Waals surface area (Å²) in [7, 11) is 1.43. The van der Waals surface area contributed by atoms with Crippen molar-refractivity contribution in [2.45, 2.75) is 6.54 Å². The van der Waals surface area contributed by atoms with Gasteiger partial charge in [-0.15, -0.1) is 0 Å². The number of hydrogen-bond donors (Lipinski definition) is 3. The topological polar surface area (TPSA) is 127 Å². The van der Waals surface area contributed by atoms with Gasteiger partial charge in [-0.25, -0.2) is 9.78 Å². The van der Waals surface area contributed by atoms with Gasteiger partial charge in [0, 0.05) is 19.4 Å². The number of aliphatic carboxylic acids is 2. The van der Waals surface area contributed by atoms with E-state index in [1.54, 1.807) is 6.20 Å². The third-order valence-electron chi connectivity index (χ3n) is 2.19. The highest BCUT2D eigenvalue weighted by atomic mass is 16.4. The van der Waals surface area contributed by atoms with Gasteiger partial charge >= 0.3 is 18.0 Å². The molecule has 0 saturated heterocycles. The molecule has 1 heterocycles. The molecule has 0 radical (unpaired) electrons. The van der Waals surface area contributed by atoms with Crippen LogP contribution in [0.3, 0.4) is 0 Å². The molecule has 0 spiro atoms. The van der Waals surface area contributed by atoms with Crippen molar-refractivity contribution >= 4 is 18.0 Å². The van der Waals surface area contributed by atoms with Crippen LogP contribution in [0.5, 0.6) is 0 Å². The van der Waals surface area contributed by atoms with E-state index in [1.807, 2.05) is 0 Å². The number of carbonyl (C=O) groups is 3. The first kappa shape index (κ1) is 14.5. The molecular weight excluding hydrogens is 256 g/mol. The maximum atomic E-state index is 11.9. The molecule has 2 amide bonds. The predicted octanol–water partition coefficient (Wildman–Crippen LogP) is -0.567. The third kappa shape index (κ3) is 4.66. The van der Waals surface area contributed by atoms with Gasteiger partial charge in [-0.05, 0) is 0 Å². The highest BCUT2D eigenvalue weighted by Crippen LogP contribution is 2.02. The second-order valence-corrected chi connectivity index (χ2v) is 3.82. The monoisotopic (exact) mass is 270 g/mol. The molecule has 0 bridgehead atoms. The fourth-order valence-corrected chi connectivity index (χ4v) is 1.44. The van der Waals surface area contributed by atoms with E-state index in [0.717, 1.165) is 4.90 Å². The van der Waals surface area contributed by atoms with Crippen LogP contribution in [0.1, 0.15) is 5.82 Å². The van der Waals surface area contributed by atoms with Crippen molar-refractivity contribution in [3.63, 3.8) is 0 Å². The molecule has 9 heteroatoms. The van der Waals surface area contributed by atoms with Crippen LogP contribution >= 0.6 is 0 Å². The number of H-pyrrole nitrogens is 1. The zero-order valence-corrected chi connectivity index (χ0v) is 10.2. The molecule has 0 atom stereocenters. The summed E-state index contributed by atoms with van der Waals surface area (Å²) in [6.45, 7) is -1.22. The number of nitrogens with zero attached hydrogens (tertiary/aromatic N) is 3. The fraction of sp³-hybridized carbons (Fsp3) is 0.400. The van der Waals surface area contributed by atoms with Gasteiger partial charge in [0.25, 0.3) is 0 Å². The quantitative estimate of drug-likeness (QED) is 0.635. The SMILES string of the molecule is CN(Cc1ncc[nH]1)C(=O)N(CC(=O)O)CC(=O)O. The molecule has 0 unspecified atom stereocenters. The Morgan fingerprint density at radius 3 is 2.26 bits per heavy atom. The molecule has 19 heavy (non-hydrogen) atoms. The first-order valence-corrected chi connectivity index (χ1v) is 5.32. The Morgan fingerprint density at radius 2 is 1.84 bits per heavy atom. The highest BCUT2D eigenvalue weighted by Gasteiger charge is 2.23. The lowest BCUT2D eigenvalue weighted by Crippen LogP contribution is -2.45. The molecule has 0 aromatic carbocycles. The van der Waals surface area contributed by atoms with Gasteiger partial charge < -0.3 is 25.0 Å². The van der Waals surface area contributed by atoms with E-state index in [2.05, 4.69) is 9.97 Å². The second-order valence-electron chi connectivity index (χ2n) is 3.82. The minimum Gasteiger partial charge on any atom is -0.480 e. The van der Waals surface area contributed by atoms with E-state index in [1.165, 1.54) is 18.1 Å². The molecule has 1 aromatic heterocycles. The summed E-state index contributed by atoms with van der Waals surface area (Å²) in [5.41, 5.74) is 0. The van der Waals surface area contributed by atoms with E-state index in [-0.39, 0.29) is 6.54 Å². The highest BCUT2D eigenvalue weighted by molar-refractivity contribution is 5.83. The largest absolute Gasteiger partial charge is 0.480 e. The maximum absolute atomic E-state index is 11.9. The molecule has 9 nitrogen and oxygen atoms in total. The number of carboxylic acids is 2. The minimum absolute atomic E-state index is 0.127. The van der Waals surface area contributed by atoms with Crippen LogP contribution in [0.2, 0.25) is 0 Å². The standard InChI is InChI=1S/C10H14N4O5/c1-13(4-7-11-2-3-12-7)10(19)14(5-8(15)16)6-9(17)18/h2-3H,4-6H2,1H3,(H,11,12)(H,15,16)(H,17,18). The summed E-state index contributed by atoms with van der Waals surface area (Å²) in [5, 5.41) is 17.3. The summed E-state index contributed by atoms with van der Waals surface area (Å²) in [6.07, 6.45) is 3.10. The Labute approximate surface area is 108 Å². The number of carboxylic acid groups (broad SMARTS) is 2. The summed E-state index contributed by atoms with van der Waals surface area (Å²) >= 11 is 0. The average Bonchev–Trinajstić information content (AvgIpc) is 2.78. The van der Waals surface area contributed by atoms with Crippen LogP contribution < -0.4 is 0 Å². The number of carbonyl (C=O) groups excluding carboxylic acids is 1. The van der Waals surface area contributed by atoms with Crippen molar-refractivity contribution in [2.24, 2.45) is 0 Å². The van der Waals surface area contributed by atoms with Crippen LogP contribution in [0.25, 0.3) is 0 Å². The Morgan fingerprint density at radius 1 is 1.26 bits per heavy atom. The summed E-state index contributed by atoms with van der Waals surface area (Å²) in [6, 6.07) is -0.693. The van der Waals surface area contributed by atoms with Gasteiger partial charge in [0.2, 0.25) is 0 Å². The van der Waals surface area contributed by atoms with Crippen molar-refractivity contribution in [3.8, 4) is 0 Å². The number of amides is 2. The van der Waals surface area contributed by atoms with Crippen molar-refractivity contribution in [1.82, 2.24) is 19.8 Å². The van der Waals surface area contributed by atoms with E-state index < -0.39 is 31.1 Å². The van der Waals surface area contributed by atoms with E-state index in [4.69, 9.17) is 10.2 Å². The zero-order valence-electron chi connectivity index (χ0n) is 10.2. The van der Waals surface area contributed by atoms with Crippen LogP contribution in [-0.2, 0) is 16.1 Å². The molecule has 0 fully saturated rings. The maximum Gasteiger partial charge on any atom is 0.323 e. The van der Waals surface area contributed by atoms with Crippen molar-refractivity contribution in [1.29, 1.82) is 0 Å². The predicted molar refractivity (Wildman–Crippen MR) is 62.3 cm³/mol. The summed E-state index contributed by atoms with van der Waals surface area (Å²) < 4.78 is 0. The van der Waals surface area contributed by atoms with E-state index in [0.29, 0.717) is 5.82 Å². The second kappa shape index (κ2) is 6.38. The zero-order chi connectivity index (χ0) is 14.4. The van der Waals surface area contributed by atoms with E-state index >= 15 is 0 Å². The van der Waals surface area contributed by atoms with Gasteiger partial charge in [-0.3, -0.25) is 9.59 Å². The van der Waals surface area contributed by atoms with Crippen LogP contribution in [0.15, 0.2) is 12.4 Å². The lowest BCUT2D eigenvalue weighted by Gasteiger charge is -2.25. The Kier molecular flexibility index (Phi) is 4.86. The molecule has 1 aromatic rings. The number of hydrogen-bond acceptors (Lipinski definition) is 4. The smallest absolute Gasteiger partial charge is 0.323 e. The van der Waals surface area contributed by atoms with Crippen LogP contribution in [0, 0.1) is 0 Å². The molecule has 0 saturated carbocycles. The van der Waals surface area contributed by atoms with Crippen molar-refractivity contribution in [3.05, 3.63) is 18.2 Å². The Bertz CT molecular complexity index is 442. The summed E-state index contributed by atoms with van der Waals surface area (Å²) in [5.74, 6) is -2.04. The van der Waals surface area contributed by atoms with Crippen molar-refractivity contribution in [2.75, 3.05) is 20.1 Å². The molecule has 0 aliphatic rings. The molecule has 1 rings (SSSR count). The van der Waals surface area contributed by atoms with Crippen LogP contribution in [-0.4, -0.2) is 68.1 Å². The Hall–Kier alpha value is -2.58. The van der Waals surface area contributed by atoms with Gasteiger partial charge in [-0.2, -0.15) is 0 Å². The van der Waals surface area contributed by atoms with Gasteiger partial charge in [0.1, 0.15) is 18.9 Å². The molecule has 0 aliphatic heterocycles. The fourth-order valence-electron chi connectivity index (χ4n) is 1.44. The molecule has 0 aliphatic carbocycles. The Balaban J connectivity index is 2.68. The van der Waals surface area contributed by atoms with E-state index in [9.17, 15) is 14.4 Å². The lowest BCUT2D eigenvalue weighted by molar-refractivity contribution is -0.140. The van der Waals surface area contributed by atoms with Crippen molar-refractivity contribution < 1.29 is 24.6 Å². The average molecular weight is 270 g/mol. The number of aromatic nitrogens is 2. The molecular formula is C10H14N4O5. The normalized spacial score (nSPS) is 9.95. The minimum atomic E-state index is -1.28. The number of nitrogens with one attached hydrogen (secondary N) is 1. The summed E-state index contributed by atoms with van der Waals surface area (Å²) in [4.78, 5) is 41.8. The lowest BCUT2D eigenvalue weighted by atomic mass is 10.4. The van der Waals surface area contributed by atoms with Crippen LogP contribution in [0.4, 0.5) is 4.79 Å². The van der Waals surface area contributed by atoms with Gasteiger partial charge in [0.05, 0.1) is 6.54 Å². The first-order valence-electron chi connectivity index (χ1n) is 5.32.